The number of benzene rings is 1. The van der Waals surface area contributed by atoms with Crippen LogP contribution in [0.2, 0.25) is 0 Å². The number of sulfonamides is 1. The number of methoxy groups -OCH3 is 2. The zero-order valence-electron chi connectivity index (χ0n) is 14.8. The van der Waals surface area contributed by atoms with Gasteiger partial charge in [0.05, 0.1) is 19.1 Å². The third-order valence-electron chi connectivity index (χ3n) is 4.49. The van der Waals surface area contributed by atoms with Crippen LogP contribution in [0.5, 0.6) is 5.75 Å². The molecular formula is C16H25ClN2O5S. The first-order chi connectivity index (χ1) is 11.1. The Balaban J connectivity index is 0.00000312. The molecule has 0 bridgehead atoms. The van der Waals surface area contributed by atoms with E-state index in [2.05, 4.69) is 0 Å². The number of nitrogens with zero attached hydrogens (tertiary/aromatic N) is 1. The van der Waals surface area contributed by atoms with E-state index in [1.54, 1.807) is 0 Å². The summed E-state index contributed by atoms with van der Waals surface area (Å²) in [6.07, 6.45) is 0.590. The monoisotopic (exact) mass is 392 g/mol. The molecule has 2 N–H and O–H groups in total. The third kappa shape index (κ3) is 4.25. The number of esters is 1. The zero-order valence-corrected chi connectivity index (χ0v) is 16.4. The highest BCUT2D eigenvalue weighted by Crippen LogP contribution is 2.32. The Labute approximate surface area is 154 Å². The van der Waals surface area contributed by atoms with Gasteiger partial charge in [0.25, 0.3) is 0 Å². The molecule has 1 aromatic rings. The first kappa shape index (κ1) is 21.7. The Kier molecular flexibility index (Phi) is 6.86. The molecule has 1 aliphatic heterocycles. The van der Waals surface area contributed by atoms with E-state index >= 15 is 0 Å². The van der Waals surface area contributed by atoms with E-state index < -0.39 is 16.0 Å². The number of ether oxygens (including phenoxy) is 2. The summed E-state index contributed by atoms with van der Waals surface area (Å²) in [5.41, 5.74) is 5.84. The maximum Gasteiger partial charge on any atom is 0.341 e. The molecule has 1 heterocycles. The lowest BCUT2D eigenvalue weighted by molar-refractivity contribution is 0.0596. The highest BCUT2D eigenvalue weighted by Gasteiger charge is 2.39. The summed E-state index contributed by atoms with van der Waals surface area (Å²) in [4.78, 5) is 11.9. The first-order valence-corrected chi connectivity index (χ1v) is 9.09. The van der Waals surface area contributed by atoms with Crippen LogP contribution in [0.3, 0.4) is 0 Å². The Morgan fingerprint density at radius 2 is 1.96 bits per heavy atom. The van der Waals surface area contributed by atoms with Gasteiger partial charge in [0.1, 0.15) is 11.3 Å². The third-order valence-corrected chi connectivity index (χ3v) is 6.33. The molecule has 0 radical (unpaired) electrons. The smallest absolute Gasteiger partial charge is 0.341 e. The number of carbonyl (C=O) groups excluding carboxylic acids is 1. The second kappa shape index (κ2) is 7.90. The van der Waals surface area contributed by atoms with Gasteiger partial charge in [-0.3, -0.25) is 0 Å². The average molecular weight is 393 g/mol. The lowest BCUT2D eigenvalue weighted by atomic mass is 9.81. The van der Waals surface area contributed by atoms with Crippen molar-refractivity contribution < 1.29 is 22.7 Å². The lowest BCUT2D eigenvalue weighted by Crippen LogP contribution is -2.53. The van der Waals surface area contributed by atoms with Gasteiger partial charge in [0, 0.05) is 19.1 Å². The predicted molar refractivity (Wildman–Crippen MR) is 96.7 cm³/mol. The molecule has 1 aromatic carbocycles. The van der Waals surface area contributed by atoms with Crippen LogP contribution in [0.15, 0.2) is 23.1 Å². The number of piperidine rings is 1. The average Bonchev–Trinajstić information content (AvgIpc) is 2.55. The van der Waals surface area contributed by atoms with Gasteiger partial charge >= 0.3 is 5.97 Å². The van der Waals surface area contributed by atoms with Crippen molar-refractivity contribution >= 4 is 28.4 Å². The van der Waals surface area contributed by atoms with Gasteiger partial charge in [-0.1, -0.05) is 13.8 Å². The van der Waals surface area contributed by atoms with Crippen LogP contribution in [0.25, 0.3) is 0 Å². The largest absolute Gasteiger partial charge is 0.496 e. The highest BCUT2D eigenvalue weighted by molar-refractivity contribution is 7.89. The molecule has 0 saturated carbocycles. The maximum absolute atomic E-state index is 12.9. The number of hydrogen-bond donors (Lipinski definition) is 1. The molecule has 1 unspecified atom stereocenters. The van der Waals surface area contributed by atoms with Crippen molar-refractivity contribution in [3.05, 3.63) is 23.8 Å². The minimum absolute atomic E-state index is 0. The van der Waals surface area contributed by atoms with Crippen molar-refractivity contribution in [2.45, 2.75) is 31.2 Å². The van der Waals surface area contributed by atoms with Crippen LogP contribution in [-0.2, 0) is 14.8 Å². The van der Waals surface area contributed by atoms with E-state index in [9.17, 15) is 13.2 Å². The molecule has 0 aliphatic carbocycles. The molecule has 142 valence electrons. The molecule has 9 heteroatoms. The Morgan fingerprint density at radius 3 is 2.48 bits per heavy atom. The second-order valence-electron chi connectivity index (χ2n) is 6.58. The van der Waals surface area contributed by atoms with Crippen LogP contribution in [-0.4, -0.2) is 52.0 Å². The molecule has 1 aliphatic rings. The number of carbonyl (C=O) groups is 1. The fraction of sp³-hybridized carbons (Fsp3) is 0.562. The van der Waals surface area contributed by atoms with E-state index in [1.807, 2.05) is 13.8 Å². The predicted octanol–water partition coefficient (Wildman–Crippen LogP) is 1.65. The molecule has 0 spiro atoms. The fourth-order valence-electron chi connectivity index (χ4n) is 2.80. The normalized spacial score (nSPS) is 20.4. The molecule has 25 heavy (non-hydrogen) atoms. The van der Waals surface area contributed by atoms with Crippen LogP contribution in [0.1, 0.15) is 30.6 Å². The van der Waals surface area contributed by atoms with E-state index in [1.165, 1.54) is 36.7 Å². The maximum atomic E-state index is 12.9. The fourth-order valence-corrected chi connectivity index (χ4v) is 4.45. The van der Waals surface area contributed by atoms with Crippen molar-refractivity contribution in [1.82, 2.24) is 4.31 Å². The van der Waals surface area contributed by atoms with Gasteiger partial charge in [-0.2, -0.15) is 4.31 Å². The number of hydrogen-bond acceptors (Lipinski definition) is 6. The Hall–Kier alpha value is -1.35. The van der Waals surface area contributed by atoms with Crippen LogP contribution in [0, 0.1) is 5.41 Å². The van der Waals surface area contributed by atoms with Crippen molar-refractivity contribution in [2.24, 2.45) is 11.1 Å². The number of nitrogens with two attached hydrogens (primary N) is 1. The van der Waals surface area contributed by atoms with Crippen molar-refractivity contribution in [2.75, 3.05) is 27.3 Å². The van der Waals surface area contributed by atoms with Crippen molar-refractivity contribution in [1.29, 1.82) is 0 Å². The first-order valence-electron chi connectivity index (χ1n) is 7.65. The van der Waals surface area contributed by atoms with Crippen LogP contribution >= 0.6 is 12.4 Å². The van der Waals surface area contributed by atoms with Crippen molar-refractivity contribution in [3.8, 4) is 5.75 Å². The van der Waals surface area contributed by atoms with E-state index in [0.717, 1.165) is 0 Å². The van der Waals surface area contributed by atoms with Gasteiger partial charge < -0.3 is 15.2 Å². The molecule has 2 rings (SSSR count). The molecule has 1 saturated heterocycles. The number of halogens is 1. The summed E-state index contributed by atoms with van der Waals surface area (Å²) in [5, 5.41) is 0. The van der Waals surface area contributed by atoms with E-state index in [4.69, 9.17) is 15.2 Å². The molecule has 1 atom stereocenters. The summed E-state index contributed by atoms with van der Waals surface area (Å²) >= 11 is 0. The van der Waals surface area contributed by atoms with Gasteiger partial charge in [-0.15, -0.1) is 12.4 Å². The summed E-state index contributed by atoms with van der Waals surface area (Å²) < 4.78 is 37.1. The molecular weight excluding hydrogens is 368 g/mol. The van der Waals surface area contributed by atoms with Crippen LogP contribution in [0.4, 0.5) is 0 Å². The van der Waals surface area contributed by atoms with Gasteiger partial charge in [0.2, 0.25) is 10.0 Å². The molecule has 1 fully saturated rings. The summed E-state index contributed by atoms with van der Waals surface area (Å²) in [7, 11) is -1.09. The summed E-state index contributed by atoms with van der Waals surface area (Å²) in [6.45, 7) is 4.59. The molecule has 0 amide bonds. The standard InChI is InChI=1S/C16H24N2O5S.ClH/c1-16(2)10-18(8-7-14(16)17)24(20,21)11-5-6-13(22-3)12(9-11)15(19)23-4;/h5-6,9,14H,7-8,10,17H2,1-4H3;1H. The van der Waals surface area contributed by atoms with Gasteiger partial charge in [0.15, 0.2) is 0 Å². The molecule has 7 nitrogen and oxygen atoms in total. The topological polar surface area (TPSA) is 98.9 Å². The SMILES string of the molecule is COC(=O)c1cc(S(=O)(=O)N2CCC(N)C(C)(C)C2)ccc1OC.Cl. The minimum Gasteiger partial charge on any atom is -0.496 e. The van der Waals surface area contributed by atoms with Gasteiger partial charge in [-0.05, 0) is 30.0 Å². The minimum atomic E-state index is -3.73. The molecule has 0 aromatic heterocycles. The van der Waals surface area contributed by atoms with Gasteiger partial charge in [-0.25, -0.2) is 13.2 Å². The van der Waals surface area contributed by atoms with E-state index in [0.29, 0.717) is 19.5 Å². The summed E-state index contributed by atoms with van der Waals surface area (Å²) in [6, 6.07) is 4.13. The lowest BCUT2D eigenvalue weighted by Gasteiger charge is -2.41. The quantitative estimate of drug-likeness (QED) is 0.782. The van der Waals surface area contributed by atoms with Crippen molar-refractivity contribution in [3.63, 3.8) is 0 Å². The highest BCUT2D eigenvalue weighted by atomic mass is 35.5. The Morgan fingerprint density at radius 1 is 1.32 bits per heavy atom. The second-order valence-corrected chi connectivity index (χ2v) is 8.51. The Bertz CT molecular complexity index is 736. The zero-order chi connectivity index (χ0) is 18.1. The number of rotatable bonds is 4. The van der Waals surface area contributed by atoms with Crippen LogP contribution < -0.4 is 10.5 Å². The van der Waals surface area contributed by atoms with E-state index in [-0.39, 0.29) is 40.1 Å². The summed E-state index contributed by atoms with van der Waals surface area (Å²) in [5.74, 6) is -0.383.